The maximum absolute atomic E-state index is 13.0. The van der Waals surface area contributed by atoms with Gasteiger partial charge in [0, 0.05) is 11.1 Å². The Kier molecular flexibility index (Phi) is 7.78. The molecule has 0 bridgehead atoms. The van der Waals surface area contributed by atoms with Crippen molar-refractivity contribution < 1.29 is 32.4 Å². The molecular weight excluding hydrogens is 437 g/mol. The average Bonchev–Trinajstić information content (AvgIpc) is 2.65. The van der Waals surface area contributed by atoms with E-state index in [9.17, 15) is 18.0 Å². The minimum Gasteiger partial charge on any atom is -0.442 e. The molecule has 0 aliphatic heterocycles. The van der Waals surface area contributed by atoms with Gasteiger partial charge in [0.25, 0.3) is 0 Å². The van der Waals surface area contributed by atoms with Crippen LogP contribution in [0.25, 0.3) is 0 Å². The molecule has 0 unspecified atom stereocenters. The largest absolute Gasteiger partial charge is 0.442 e. The molecule has 2 rings (SSSR count). The molecule has 168 valence electrons. The molecule has 0 fully saturated rings. The van der Waals surface area contributed by atoms with Crippen molar-refractivity contribution >= 4 is 23.4 Å². The molecule has 0 aliphatic carbocycles. The van der Waals surface area contributed by atoms with E-state index in [-0.39, 0.29) is 22.9 Å². The highest BCUT2D eigenvalue weighted by atomic mass is 35.5. The number of halogens is 4. The highest BCUT2D eigenvalue weighted by Crippen LogP contribution is 2.32. The summed E-state index contributed by atoms with van der Waals surface area (Å²) in [6.07, 6.45) is -5.28. The number of oxime groups is 1. The van der Waals surface area contributed by atoms with E-state index in [0.29, 0.717) is 11.3 Å². The van der Waals surface area contributed by atoms with Crippen LogP contribution in [0, 0.1) is 0 Å². The van der Waals surface area contributed by atoms with Crippen LogP contribution >= 0.6 is 11.6 Å². The number of hydroxylamine groups is 1. The van der Waals surface area contributed by atoms with Gasteiger partial charge >= 0.3 is 12.3 Å². The summed E-state index contributed by atoms with van der Waals surface area (Å²) in [5.41, 5.74) is 1.49. The molecule has 31 heavy (non-hydrogen) atoms. The molecule has 0 saturated carbocycles. The van der Waals surface area contributed by atoms with Gasteiger partial charge in [-0.1, -0.05) is 41.0 Å². The molecule has 0 heterocycles. The van der Waals surface area contributed by atoms with Gasteiger partial charge in [0.2, 0.25) is 0 Å². The average molecular weight is 459 g/mol. The molecule has 1 amide bonds. The first kappa shape index (κ1) is 24.3. The second kappa shape index (κ2) is 9.91. The molecule has 2 aromatic carbocycles. The van der Waals surface area contributed by atoms with E-state index in [2.05, 4.69) is 10.6 Å². The predicted octanol–water partition coefficient (Wildman–Crippen LogP) is 6.12. The first-order chi connectivity index (χ1) is 14.4. The maximum Gasteiger partial charge on any atom is 0.441 e. The first-order valence-electron chi connectivity index (χ1n) is 9.14. The van der Waals surface area contributed by atoms with E-state index in [1.807, 2.05) is 0 Å². The Morgan fingerprint density at radius 3 is 2.45 bits per heavy atom. The second-order valence-electron chi connectivity index (χ2n) is 7.46. The first-order valence-corrected chi connectivity index (χ1v) is 9.52. The van der Waals surface area contributed by atoms with Crippen LogP contribution in [0.2, 0.25) is 5.02 Å². The Hall–Kier alpha value is -2.94. The molecular formula is C21H22ClF3N2O4. The topological polar surface area (TPSA) is 69.2 Å². The van der Waals surface area contributed by atoms with Crippen LogP contribution in [0.4, 0.5) is 18.0 Å². The zero-order chi connectivity index (χ0) is 23.2. The van der Waals surface area contributed by atoms with Gasteiger partial charge in [0.15, 0.2) is 5.75 Å². The number of rotatable bonds is 6. The number of hydrogen-bond acceptors (Lipinski definition) is 5. The summed E-state index contributed by atoms with van der Waals surface area (Å²) >= 11 is 6.07. The van der Waals surface area contributed by atoms with Crippen molar-refractivity contribution in [2.24, 2.45) is 5.16 Å². The smallest absolute Gasteiger partial charge is 0.441 e. The van der Waals surface area contributed by atoms with Crippen molar-refractivity contribution in [3.63, 3.8) is 0 Å². The van der Waals surface area contributed by atoms with Crippen molar-refractivity contribution in [3.05, 3.63) is 64.2 Å². The fraction of sp³-hybridized carbons (Fsp3) is 0.333. The lowest BCUT2D eigenvalue weighted by Gasteiger charge is -2.19. The fourth-order valence-electron chi connectivity index (χ4n) is 2.38. The van der Waals surface area contributed by atoms with Crippen molar-refractivity contribution in [1.29, 1.82) is 0 Å². The standard InChI is InChI=1S/C21H22ClF3N2O4/c1-13(26-29-12-15-7-5-6-8-16(15)21(23,24)25)14-9-10-17(22)18(11-14)31-27-19(28)30-20(2,3)4/h5-11H,12H2,1-4H3,(H,27,28)/b26-13+. The van der Waals surface area contributed by atoms with E-state index in [0.717, 1.165) is 6.07 Å². The summed E-state index contributed by atoms with van der Waals surface area (Å²) in [5, 5.41) is 4.08. The number of ether oxygens (including phenoxy) is 1. The minimum absolute atomic E-state index is 0.0340. The normalized spacial score (nSPS) is 12.3. The molecule has 2 aromatic rings. The number of carbonyl (C=O) groups is 1. The number of benzene rings is 2. The Morgan fingerprint density at radius 1 is 1.13 bits per heavy atom. The van der Waals surface area contributed by atoms with Crippen LogP contribution in [0.3, 0.4) is 0 Å². The van der Waals surface area contributed by atoms with Crippen molar-refractivity contribution in [1.82, 2.24) is 5.48 Å². The Balaban J connectivity index is 2.06. The molecule has 0 aromatic heterocycles. The highest BCUT2D eigenvalue weighted by molar-refractivity contribution is 6.32. The monoisotopic (exact) mass is 458 g/mol. The van der Waals surface area contributed by atoms with Gasteiger partial charge in [-0.15, -0.1) is 0 Å². The van der Waals surface area contributed by atoms with Crippen LogP contribution in [-0.2, 0) is 22.4 Å². The van der Waals surface area contributed by atoms with Crippen LogP contribution in [0.1, 0.15) is 44.4 Å². The number of nitrogens with zero attached hydrogens (tertiary/aromatic N) is 1. The SMILES string of the molecule is C/C(=N\OCc1ccccc1C(F)(F)F)c1ccc(Cl)c(ONC(=O)OC(C)(C)C)c1. The van der Waals surface area contributed by atoms with Crippen LogP contribution in [0.5, 0.6) is 5.75 Å². The fourth-order valence-corrected chi connectivity index (χ4v) is 2.53. The van der Waals surface area contributed by atoms with Gasteiger partial charge < -0.3 is 14.4 Å². The molecule has 0 saturated heterocycles. The summed E-state index contributed by atoms with van der Waals surface area (Å²) in [6.45, 7) is 6.35. The van der Waals surface area contributed by atoms with E-state index >= 15 is 0 Å². The van der Waals surface area contributed by atoms with Gasteiger partial charge in [-0.2, -0.15) is 18.7 Å². The molecule has 0 aliphatic rings. The zero-order valence-corrected chi connectivity index (χ0v) is 18.1. The van der Waals surface area contributed by atoms with Crippen LogP contribution in [0.15, 0.2) is 47.6 Å². The molecule has 10 heteroatoms. The lowest BCUT2D eigenvalue weighted by Crippen LogP contribution is -2.34. The van der Waals surface area contributed by atoms with E-state index < -0.39 is 23.4 Å². The quantitative estimate of drug-likeness (QED) is 0.418. The van der Waals surface area contributed by atoms with Gasteiger partial charge in [-0.3, -0.25) is 0 Å². The van der Waals surface area contributed by atoms with Crippen molar-refractivity contribution in [2.75, 3.05) is 0 Å². The molecule has 0 radical (unpaired) electrons. The van der Waals surface area contributed by atoms with Gasteiger partial charge in [0.05, 0.1) is 16.3 Å². The summed E-state index contributed by atoms with van der Waals surface area (Å²) in [7, 11) is 0. The van der Waals surface area contributed by atoms with Gasteiger partial charge in [-0.25, -0.2) is 4.79 Å². The third kappa shape index (κ3) is 7.67. The minimum atomic E-state index is -4.48. The predicted molar refractivity (Wildman–Crippen MR) is 110 cm³/mol. The Morgan fingerprint density at radius 2 is 1.81 bits per heavy atom. The van der Waals surface area contributed by atoms with E-state index in [4.69, 9.17) is 26.0 Å². The highest BCUT2D eigenvalue weighted by Gasteiger charge is 2.33. The number of nitrogens with one attached hydrogen (secondary N) is 1. The van der Waals surface area contributed by atoms with Gasteiger partial charge in [0.1, 0.15) is 12.2 Å². The van der Waals surface area contributed by atoms with Crippen molar-refractivity contribution in [3.8, 4) is 5.75 Å². The molecule has 6 nitrogen and oxygen atoms in total. The molecule has 0 spiro atoms. The summed E-state index contributed by atoms with van der Waals surface area (Å²) in [4.78, 5) is 22.0. The maximum atomic E-state index is 13.0. The third-order valence-electron chi connectivity index (χ3n) is 3.74. The summed E-state index contributed by atoms with van der Waals surface area (Å²) in [6, 6.07) is 9.73. The Bertz CT molecular complexity index is 956. The van der Waals surface area contributed by atoms with E-state index in [1.165, 1.54) is 30.3 Å². The van der Waals surface area contributed by atoms with E-state index in [1.54, 1.807) is 33.8 Å². The molecule has 1 N–H and O–H groups in total. The summed E-state index contributed by atoms with van der Waals surface area (Å²) in [5.74, 6) is 0.127. The number of amides is 1. The van der Waals surface area contributed by atoms with Crippen molar-refractivity contribution in [2.45, 2.75) is 46.1 Å². The Labute approximate surface area is 182 Å². The number of carbonyl (C=O) groups excluding carboxylic acids is 1. The van der Waals surface area contributed by atoms with Crippen LogP contribution in [-0.4, -0.2) is 17.4 Å². The third-order valence-corrected chi connectivity index (χ3v) is 4.05. The lowest BCUT2D eigenvalue weighted by atomic mass is 10.1. The number of hydrogen-bond donors (Lipinski definition) is 1. The van der Waals surface area contributed by atoms with Crippen LogP contribution < -0.4 is 10.3 Å². The molecule has 0 atom stereocenters. The van der Waals surface area contributed by atoms with Gasteiger partial charge in [-0.05, 0) is 45.9 Å². The lowest BCUT2D eigenvalue weighted by molar-refractivity contribution is -0.138. The zero-order valence-electron chi connectivity index (χ0n) is 17.3. The number of alkyl halides is 3. The second-order valence-corrected chi connectivity index (χ2v) is 7.86. The summed E-state index contributed by atoms with van der Waals surface area (Å²) < 4.78 is 44.2.